The van der Waals surface area contributed by atoms with Gasteiger partial charge in [0.1, 0.15) is 34.6 Å². The third-order valence-corrected chi connectivity index (χ3v) is 4.41. The molecule has 12 heteroatoms. The average Bonchev–Trinajstić information content (AvgIpc) is 2.78. The number of nitrogens with one attached hydrogen (secondary N) is 2. The van der Waals surface area contributed by atoms with Gasteiger partial charge in [-0.2, -0.15) is 4.98 Å². The minimum Gasteiger partial charge on any atom is -0.454 e. The molecule has 2 aromatic carbocycles. The van der Waals surface area contributed by atoms with Gasteiger partial charge in [-0.1, -0.05) is 0 Å². The van der Waals surface area contributed by atoms with Gasteiger partial charge in [0, 0.05) is 36.3 Å². The fourth-order valence-electron chi connectivity index (χ4n) is 2.85. The van der Waals surface area contributed by atoms with E-state index in [-0.39, 0.29) is 40.3 Å². The van der Waals surface area contributed by atoms with E-state index in [0.717, 1.165) is 24.4 Å². The lowest BCUT2D eigenvalue weighted by Gasteiger charge is -2.13. The lowest BCUT2D eigenvalue weighted by molar-refractivity contribution is 0.102. The molecule has 0 aliphatic heterocycles. The van der Waals surface area contributed by atoms with Crippen LogP contribution in [-0.4, -0.2) is 20.9 Å². The fraction of sp³-hybridized carbons (Fsp3) is 0. The zero-order chi connectivity index (χ0) is 24.2. The maximum atomic E-state index is 14.6. The quantitative estimate of drug-likeness (QED) is 0.330. The molecule has 2 aromatic heterocycles. The normalized spacial score (nSPS) is 10.6. The Balaban J connectivity index is 1.56. The molecule has 1 amide bonds. The highest BCUT2D eigenvalue weighted by Crippen LogP contribution is 2.29. The zero-order valence-corrected chi connectivity index (χ0v) is 17.2. The molecule has 0 atom stereocenters. The van der Waals surface area contributed by atoms with Gasteiger partial charge in [-0.15, -0.1) is 0 Å². The molecule has 9 nitrogen and oxygen atoms in total. The summed E-state index contributed by atoms with van der Waals surface area (Å²) in [6, 6.07) is 9.57. The minimum absolute atomic E-state index is 0.0671. The van der Waals surface area contributed by atoms with Crippen molar-refractivity contribution in [3.63, 3.8) is 0 Å². The van der Waals surface area contributed by atoms with Crippen molar-refractivity contribution >= 4 is 34.9 Å². The second kappa shape index (κ2) is 9.32. The van der Waals surface area contributed by atoms with Gasteiger partial charge in [0.25, 0.3) is 5.91 Å². The van der Waals surface area contributed by atoms with Crippen LogP contribution in [-0.2, 0) is 0 Å². The molecule has 6 N–H and O–H groups in total. The van der Waals surface area contributed by atoms with E-state index in [1.54, 1.807) is 0 Å². The van der Waals surface area contributed by atoms with Gasteiger partial charge < -0.3 is 26.8 Å². The van der Waals surface area contributed by atoms with E-state index in [0.29, 0.717) is 11.8 Å². The van der Waals surface area contributed by atoms with Crippen LogP contribution in [0.5, 0.6) is 11.5 Å². The smallest absolute Gasteiger partial charge is 0.261 e. The Morgan fingerprint density at radius 3 is 2.50 bits per heavy atom. The largest absolute Gasteiger partial charge is 0.454 e. The van der Waals surface area contributed by atoms with E-state index in [2.05, 4.69) is 25.6 Å². The van der Waals surface area contributed by atoms with Crippen molar-refractivity contribution in [3.8, 4) is 11.5 Å². The molecule has 0 aliphatic rings. The summed E-state index contributed by atoms with van der Waals surface area (Å²) >= 11 is 0. The number of amides is 1. The Labute approximate surface area is 190 Å². The van der Waals surface area contributed by atoms with Gasteiger partial charge in [-0.3, -0.25) is 4.79 Å². The highest BCUT2D eigenvalue weighted by molar-refractivity contribution is 6.07. The Morgan fingerprint density at radius 1 is 0.941 bits per heavy atom. The number of benzene rings is 2. The van der Waals surface area contributed by atoms with Gasteiger partial charge in [-0.05, 0) is 30.3 Å². The maximum Gasteiger partial charge on any atom is 0.261 e. The number of hydrogen-bond acceptors (Lipinski definition) is 8. The summed E-state index contributed by atoms with van der Waals surface area (Å²) in [5, 5.41) is 5.07. The zero-order valence-electron chi connectivity index (χ0n) is 17.2. The number of pyridine rings is 1. The van der Waals surface area contributed by atoms with Crippen molar-refractivity contribution in [1.29, 1.82) is 0 Å². The summed E-state index contributed by atoms with van der Waals surface area (Å²) in [5.74, 6) is -3.09. The number of aromatic nitrogens is 3. The van der Waals surface area contributed by atoms with Crippen LogP contribution in [0.3, 0.4) is 0 Å². The van der Waals surface area contributed by atoms with Crippen molar-refractivity contribution in [2.45, 2.75) is 0 Å². The van der Waals surface area contributed by atoms with Crippen molar-refractivity contribution in [2.75, 3.05) is 22.1 Å². The van der Waals surface area contributed by atoms with E-state index in [9.17, 15) is 18.0 Å². The van der Waals surface area contributed by atoms with Gasteiger partial charge in [0.15, 0.2) is 11.6 Å². The first kappa shape index (κ1) is 22.3. The van der Waals surface area contributed by atoms with Crippen molar-refractivity contribution in [3.05, 3.63) is 83.9 Å². The number of anilines is 5. The lowest BCUT2D eigenvalue weighted by Crippen LogP contribution is -2.17. The predicted molar refractivity (Wildman–Crippen MR) is 119 cm³/mol. The summed E-state index contributed by atoms with van der Waals surface area (Å²) in [6.07, 6.45) is 2.53. The molecule has 34 heavy (non-hydrogen) atoms. The van der Waals surface area contributed by atoms with Crippen LogP contribution in [0, 0.1) is 17.5 Å². The molecule has 0 saturated heterocycles. The molecule has 0 saturated carbocycles. The first-order valence-corrected chi connectivity index (χ1v) is 9.63. The van der Waals surface area contributed by atoms with Crippen LogP contribution < -0.4 is 26.8 Å². The second-order valence-corrected chi connectivity index (χ2v) is 6.86. The van der Waals surface area contributed by atoms with E-state index in [1.165, 1.54) is 30.5 Å². The molecule has 4 rings (SSSR count). The summed E-state index contributed by atoms with van der Waals surface area (Å²) in [6.45, 7) is 0. The highest BCUT2D eigenvalue weighted by atomic mass is 19.1. The van der Waals surface area contributed by atoms with E-state index in [4.69, 9.17) is 16.2 Å². The third kappa shape index (κ3) is 5.12. The number of nitrogen functional groups attached to an aromatic ring is 2. The number of hydrogen-bond donors (Lipinski definition) is 4. The minimum atomic E-state index is -0.965. The molecular weight excluding hydrogens is 451 g/mol. The Kier molecular flexibility index (Phi) is 6.12. The number of ether oxygens (including phenoxy) is 1. The molecule has 0 spiro atoms. The SMILES string of the molecule is Nc1cc(Oc2ccc(Nc3nc(N)ncc3C(=O)Nc3ccc(F)cc3F)cc2F)ccn1. The van der Waals surface area contributed by atoms with E-state index < -0.39 is 23.4 Å². The third-order valence-electron chi connectivity index (χ3n) is 4.41. The molecule has 2 heterocycles. The number of nitrogens with two attached hydrogens (primary N) is 2. The molecule has 0 aliphatic carbocycles. The molecule has 172 valence electrons. The van der Waals surface area contributed by atoms with Crippen LogP contribution in [0.2, 0.25) is 0 Å². The monoisotopic (exact) mass is 467 g/mol. The Hall–Kier alpha value is -4.87. The van der Waals surface area contributed by atoms with Gasteiger partial charge in [0.2, 0.25) is 5.95 Å². The van der Waals surface area contributed by atoms with Crippen molar-refractivity contribution < 1.29 is 22.7 Å². The summed E-state index contributed by atoms with van der Waals surface area (Å²) in [4.78, 5) is 24.2. The van der Waals surface area contributed by atoms with Crippen LogP contribution in [0.4, 0.5) is 42.1 Å². The van der Waals surface area contributed by atoms with Gasteiger partial charge in [0.05, 0.1) is 5.69 Å². The summed E-state index contributed by atoms with van der Waals surface area (Å²) in [7, 11) is 0. The van der Waals surface area contributed by atoms with Crippen LogP contribution in [0.25, 0.3) is 0 Å². The van der Waals surface area contributed by atoms with Gasteiger partial charge >= 0.3 is 0 Å². The Morgan fingerprint density at radius 2 is 1.76 bits per heavy atom. The lowest BCUT2D eigenvalue weighted by atomic mass is 10.2. The van der Waals surface area contributed by atoms with Crippen molar-refractivity contribution in [2.24, 2.45) is 0 Å². The van der Waals surface area contributed by atoms with Crippen molar-refractivity contribution in [1.82, 2.24) is 15.0 Å². The molecule has 0 unspecified atom stereocenters. The van der Waals surface area contributed by atoms with Gasteiger partial charge in [-0.25, -0.2) is 23.1 Å². The van der Waals surface area contributed by atoms with Crippen LogP contribution in [0.15, 0.2) is 60.9 Å². The van der Waals surface area contributed by atoms with Crippen LogP contribution in [0.1, 0.15) is 10.4 Å². The predicted octanol–water partition coefficient (Wildman–Crippen LogP) is 4.24. The number of carbonyl (C=O) groups is 1. The number of halogens is 3. The summed E-state index contributed by atoms with van der Waals surface area (Å²) in [5.41, 5.74) is 11.0. The molecule has 0 bridgehead atoms. The maximum absolute atomic E-state index is 14.6. The van der Waals surface area contributed by atoms with Crippen LogP contribution >= 0.6 is 0 Å². The molecular formula is C22H16F3N7O2. The number of rotatable bonds is 6. The average molecular weight is 467 g/mol. The first-order valence-electron chi connectivity index (χ1n) is 9.63. The molecule has 4 aromatic rings. The second-order valence-electron chi connectivity index (χ2n) is 6.86. The highest BCUT2D eigenvalue weighted by Gasteiger charge is 2.17. The topological polar surface area (TPSA) is 141 Å². The standard InChI is InChI=1S/C22H16F3N7O2/c23-11-1-3-17(15(24)7-11)31-21(33)14-10-29-22(27)32-20(14)30-12-2-4-18(16(25)8-12)34-13-5-6-28-19(26)9-13/h1-10H,(H2,26,28)(H,31,33)(H3,27,29,30,32). The van der Waals surface area contributed by atoms with E-state index in [1.807, 2.05) is 0 Å². The first-order chi connectivity index (χ1) is 16.3. The Bertz CT molecular complexity index is 1380. The number of carbonyl (C=O) groups excluding carboxylic acids is 1. The molecule has 0 radical (unpaired) electrons. The summed E-state index contributed by atoms with van der Waals surface area (Å²) < 4.78 is 47.1. The number of nitrogens with zero attached hydrogens (tertiary/aromatic N) is 3. The molecule has 0 fully saturated rings. The fourth-order valence-corrected chi connectivity index (χ4v) is 2.85. The van der Waals surface area contributed by atoms with E-state index >= 15 is 0 Å².